The largest absolute Gasteiger partial charge is 0.393 e. The molecule has 92 valence electrons. The molecule has 1 aromatic rings. The Kier molecular flexibility index (Phi) is 4.37. The van der Waals surface area contributed by atoms with Crippen LogP contribution in [-0.2, 0) is 0 Å². The fourth-order valence-corrected chi connectivity index (χ4v) is 3.51. The van der Waals surface area contributed by atoms with Gasteiger partial charge < -0.3 is 10.6 Å². The molecule has 0 spiro atoms. The minimum absolute atomic E-state index is 0.102. The lowest BCUT2D eigenvalue weighted by Crippen LogP contribution is -2.43. The van der Waals surface area contributed by atoms with E-state index < -0.39 is 0 Å². The molecule has 0 aliphatic carbocycles. The highest BCUT2D eigenvalue weighted by atomic mass is 127. The van der Waals surface area contributed by atoms with E-state index in [1.807, 2.05) is 16.3 Å². The first-order valence-electron chi connectivity index (χ1n) is 5.40. The van der Waals surface area contributed by atoms with E-state index in [0.29, 0.717) is 11.5 Å². The van der Waals surface area contributed by atoms with Crippen LogP contribution in [0.2, 0.25) is 0 Å². The molecule has 0 radical (unpaired) electrons. The molecule has 2 rings (SSSR count). The minimum Gasteiger partial charge on any atom is -0.393 e. The second kappa shape index (κ2) is 5.62. The molecular weight excluding hydrogens is 367 g/mol. The number of piperidine rings is 1. The molecule has 1 aromatic heterocycles. The summed E-state index contributed by atoms with van der Waals surface area (Å²) in [7, 11) is 0. The summed E-state index contributed by atoms with van der Waals surface area (Å²) in [6, 6.07) is 1.93. The second-order valence-electron chi connectivity index (χ2n) is 4.13. The predicted octanol–water partition coefficient (Wildman–Crippen LogP) is 2.49. The first kappa shape index (κ1) is 13.2. The van der Waals surface area contributed by atoms with Gasteiger partial charge in [0.05, 0.1) is 13.4 Å². The number of carbonyl (C=O) groups excluding carboxylic acids is 1. The fraction of sp³-hybridized carbons (Fsp3) is 0.455. The van der Waals surface area contributed by atoms with Crippen molar-refractivity contribution >= 4 is 57.0 Å². The summed E-state index contributed by atoms with van der Waals surface area (Å²) in [5.74, 6) is 0.283. The van der Waals surface area contributed by atoms with E-state index >= 15 is 0 Å². The smallest absolute Gasteiger partial charge is 0.254 e. The van der Waals surface area contributed by atoms with Gasteiger partial charge in [-0.2, -0.15) is 0 Å². The average molecular weight is 380 g/mol. The number of thiophene rings is 1. The van der Waals surface area contributed by atoms with E-state index in [0.717, 1.165) is 27.8 Å². The molecular formula is C11H13IN2OS2. The van der Waals surface area contributed by atoms with Gasteiger partial charge in [0.25, 0.3) is 5.91 Å². The summed E-state index contributed by atoms with van der Waals surface area (Å²) in [4.78, 5) is 14.6. The van der Waals surface area contributed by atoms with Crippen molar-refractivity contribution in [3.8, 4) is 0 Å². The number of nitrogens with two attached hydrogens (primary N) is 1. The third kappa shape index (κ3) is 3.17. The quantitative estimate of drug-likeness (QED) is 0.634. The van der Waals surface area contributed by atoms with E-state index in [2.05, 4.69) is 22.6 Å². The highest BCUT2D eigenvalue weighted by Gasteiger charge is 2.26. The van der Waals surface area contributed by atoms with Crippen LogP contribution in [0.5, 0.6) is 0 Å². The Bertz CT molecular complexity index is 446. The molecule has 1 aliphatic heterocycles. The van der Waals surface area contributed by atoms with Gasteiger partial charge in [-0.15, -0.1) is 11.3 Å². The van der Waals surface area contributed by atoms with Crippen molar-refractivity contribution in [3.05, 3.63) is 19.9 Å². The fourth-order valence-electron chi connectivity index (χ4n) is 2.00. The number of carbonyl (C=O) groups is 1. The van der Waals surface area contributed by atoms with Crippen LogP contribution in [0.4, 0.5) is 0 Å². The van der Waals surface area contributed by atoms with Gasteiger partial charge in [-0.05, 0) is 41.5 Å². The zero-order valence-corrected chi connectivity index (χ0v) is 13.0. The summed E-state index contributed by atoms with van der Waals surface area (Å²) < 4.78 is 1.13. The van der Waals surface area contributed by atoms with Crippen LogP contribution in [-0.4, -0.2) is 28.9 Å². The molecule has 3 nitrogen and oxygen atoms in total. The molecule has 0 bridgehead atoms. The number of amides is 1. The molecule has 1 fully saturated rings. The zero-order valence-electron chi connectivity index (χ0n) is 9.19. The van der Waals surface area contributed by atoms with Crippen LogP contribution >= 0.6 is 46.1 Å². The first-order valence-corrected chi connectivity index (χ1v) is 7.77. The van der Waals surface area contributed by atoms with E-state index in [9.17, 15) is 4.79 Å². The van der Waals surface area contributed by atoms with E-state index in [1.165, 1.54) is 0 Å². The molecule has 1 aliphatic rings. The standard InChI is InChI=1S/C11H13IN2OS2/c12-9-4-8(6-17-9)11(15)14-3-1-2-7(5-14)10(13)16/h4,6-7H,1-3,5H2,(H2,13,16). The number of nitrogens with zero attached hydrogens (tertiary/aromatic N) is 1. The first-order chi connectivity index (χ1) is 8.08. The summed E-state index contributed by atoms with van der Waals surface area (Å²) in [5.41, 5.74) is 6.45. The third-order valence-corrected chi connectivity index (χ3v) is 5.05. The van der Waals surface area contributed by atoms with Gasteiger partial charge in [0.15, 0.2) is 0 Å². The molecule has 2 N–H and O–H groups in total. The van der Waals surface area contributed by atoms with Crippen molar-refractivity contribution in [2.45, 2.75) is 12.8 Å². The Hall–Kier alpha value is -0.210. The van der Waals surface area contributed by atoms with Gasteiger partial charge in [-0.3, -0.25) is 4.79 Å². The lowest BCUT2D eigenvalue weighted by atomic mass is 9.98. The van der Waals surface area contributed by atoms with Crippen molar-refractivity contribution in [1.29, 1.82) is 0 Å². The van der Waals surface area contributed by atoms with Crippen molar-refractivity contribution in [3.63, 3.8) is 0 Å². The van der Waals surface area contributed by atoms with Crippen LogP contribution in [0.25, 0.3) is 0 Å². The SMILES string of the molecule is NC(=S)C1CCCN(C(=O)c2csc(I)c2)C1. The lowest BCUT2D eigenvalue weighted by molar-refractivity contribution is 0.0704. The Balaban J connectivity index is 2.07. The van der Waals surface area contributed by atoms with Crippen LogP contribution in [0, 0.1) is 8.80 Å². The molecule has 2 heterocycles. The number of halogens is 1. The number of hydrogen-bond donors (Lipinski definition) is 1. The summed E-state index contributed by atoms with van der Waals surface area (Å²) >= 11 is 8.84. The highest BCUT2D eigenvalue weighted by Crippen LogP contribution is 2.22. The maximum Gasteiger partial charge on any atom is 0.254 e. The Morgan fingerprint density at radius 1 is 1.65 bits per heavy atom. The molecule has 1 saturated heterocycles. The summed E-state index contributed by atoms with van der Waals surface area (Å²) in [5, 5.41) is 1.91. The maximum atomic E-state index is 12.2. The molecule has 1 atom stereocenters. The van der Waals surface area contributed by atoms with E-state index in [4.69, 9.17) is 18.0 Å². The van der Waals surface area contributed by atoms with E-state index in [1.54, 1.807) is 11.3 Å². The van der Waals surface area contributed by atoms with Crippen LogP contribution in [0.1, 0.15) is 23.2 Å². The monoisotopic (exact) mass is 380 g/mol. The lowest BCUT2D eigenvalue weighted by Gasteiger charge is -2.32. The molecule has 0 aromatic carbocycles. The van der Waals surface area contributed by atoms with Gasteiger partial charge in [-0.1, -0.05) is 12.2 Å². The topological polar surface area (TPSA) is 46.3 Å². The Labute approximate surface area is 124 Å². The highest BCUT2D eigenvalue weighted by molar-refractivity contribution is 14.1. The Morgan fingerprint density at radius 2 is 2.41 bits per heavy atom. The van der Waals surface area contributed by atoms with Crippen molar-refractivity contribution in [1.82, 2.24) is 4.90 Å². The number of hydrogen-bond acceptors (Lipinski definition) is 3. The number of rotatable bonds is 2. The maximum absolute atomic E-state index is 12.2. The number of thiocarbonyl (C=S) groups is 1. The van der Waals surface area contributed by atoms with E-state index in [-0.39, 0.29) is 11.8 Å². The minimum atomic E-state index is 0.102. The number of likely N-dealkylation sites (tertiary alicyclic amines) is 1. The van der Waals surface area contributed by atoms with Crippen molar-refractivity contribution in [2.24, 2.45) is 11.7 Å². The van der Waals surface area contributed by atoms with Gasteiger partial charge in [-0.25, -0.2) is 0 Å². The van der Waals surface area contributed by atoms with Crippen LogP contribution in [0.3, 0.4) is 0 Å². The van der Waals surface area contributed by atoms with Crippen molar-refractivity contribution < 1.29 is 4.79 Å². The Morgan fingerprint density at radius 3 is 3.00 bits per heavy atom. The third-order valence-electron chi connectivity index (χ3n) is 2.93. The van der Waals surface area contributed by atoms with Crippen LogP contribution in [0.15, 0.2) is 11.4 Å². The summed E-state index contributed by atoms with van der Waals surface area (Å²) in [6.07, 6.45) is 1.98. The zero-order chi connectivity index (χ0) is 12.4. The molecule has 1 amide bonds. The van der Waals surface area contributed by atoms with Gasteiger partial charge in [0.1, 0.15) is 0 Å². The van der Waals surface area contributed by atoms with Crippen molar-refractivity contribution in [2.75, 3.05) is 13.1 Å². The van der Waals surface area contributed by atoms with Gasteiger partial charge in [0, 0.05) is 24.4 Å². The molecule has 6 heteroatoms. The molecule has 0 saturated carbocycles. The molecule has 1 unspecified atom stereocenters. The normalized spacial score (nSPS) is 20.3. The molecule has 17 heavy (non-hydrogen) atoms. The average Bonchev–Trinajstić information content (AvgIpc) is 2.75. The summed E-state index contributed by atoms with van der Waals surface area (Å²) in [6.45, 7) is 1.48. The van der Waals surface area contributed by atoms with Gasteiger partial charge >= 0.3 is 0 Å². The van der Waals surface area contributed by atoms with Crippen LogP contribution < -0.4 is 5.73 Å². The second-order valence-corrected chi connectivity index (χ2v) is 7.41. The van der Waals surface area contributed by atoms with Gasteiger partial charge in [0.2, 0.25) is 0 Å². The predicted molar refractivity (Wildman–Crippen MR) is 82.4 cm³/mol.